The molecule has 2 rings (SSSR count). The average molecular weight is 580 g/mol. The molecule has 7 nitrogen and oxygen atoms in total. The number of rotatable bonds is 11. The van der Waals surface area contributed by atoms with Gasteiger partial charge in [-0.15, -0.1) is 0 Å². The Hall–Kier alpha value is -2.86. The summed E-state index contributed by atoms with van der Waals surface area (Å²) in [5, 5.41) is 2.47. The first-order chi connectivity index (χ1) is 17.6. The Balaban J connectivity index is 2.54. The topological polar surface area (TPSA) is 86.8 Å². The number of nitrogens with one attached hydrogen (secondary N) is 1. The minimum absolute atomic E-state index is 0.151. The van der Waals surface area contributed by atoms with Crippen LogP contribution in [0.4, 0.5) is 23.2 Å². The third kappa shape index (κ3) is 8.32. The number of anilines is 1. The standard InChI is InChI=1S/C25H30ClF4N3O4S/c1-5-16(3)31-24(35)21(6-2)32(14-17-7-10-19(27)11-8-17)23(34)15-33(38(4,36)37)22-13-18(25(28,29)30)9-12-20(22)26/h7-13,16,21H,5-6,14-15H2,1-4H3,(H,31,35)/t16-,21-/m0/s1. The molecule has 1 N–H and O–H groups in total. The smallest absolute Gasteiger partial charge is 0.352 e. The largest absolute Gasteiger partial charge is 0.416 e. The molecule has 2 aromatic rings. The molecule has 0 aromatic heterocycles. The summed E-state index contributed by atoms with van der Waals surface area (Å²) in [5.41, 5.74) is -1.23. The number of nitrogens with zero attached hydrogens (tertiary/aromatic N) is 2. The summed E-state index contributed by atoms with van der Waals surface area (Å²) in [7, 11) is -4.30. The van der Waals surface area contributed by atoms with Gasteiger partial charge in [-0.25, -0.2) is 12.8 Å². The van der Waals surface area contributed by atoms with Gasteiger partial charge in [0.15, 0.2) is 0 Å². The van der Waals surface area contributed by atoms with Crippen molar-refractivity contribution in [3.63, 3.8) is 0 Å². The van der Waals surface area contributed by atoms with Gasteiger partial charge in [0.2, 0.25) is 21.8 Å². The molecule has 210 valence electrons. The van der Waals surface area contributed by atoms with Gasteiger partial charge < -0.3 is 10.2 Å². The first-order valence-corrected chi connectivity index (χ1v) is 14.0. The van der Waals surface area contributed by atoms with Crippen molar-refractivity contribution in [1.82, 2.24) is 10.2 Å². The molecule has 0 bridgehead atoms. The number of benzene rings is 2. The molecule has 0 aliphatic carbocycles. The highest BCUT2D eigenvalue weighted by molar-refractivity contribution is 7.92. The summed E-state index contributed by atoms with van der Waals surface area (Å²) in [6.45, 7) is 4.19. The Morgan fingerprint density at radius 3 is 2.16 bits per heavy atom. The number of carbonyl (C=O) groups is 2. The summed E-state index contributed by atoms with van der Waals surface area (Å²) < 4.78 is 79.2. The maximum atomic E-state index is 13.6. The lowest BCUT2D eigenvalue weighted by molar-refractivity contribution is -0.140. The van der Waals surface area contributed by atoms with Crippen LogP contribution in [0.5, 0.6) is 0 Å². The Morgan fingerprint density at radius 2 is 1.66 bits per heavy atom. The number of sulfonamides is 1. The van der Waals surface area contributed by atoms with Crippen molar-refractivity contribution in [3.8, 4) is 0 Å². The molecule has 0 spiro atoms. The molecule has 2 aromatic carbocycles. The normalized spacial score (nSPS) is 13.5. The van der Waals surface area contributed by atoms with Crippen LogP contribution in [0.25, 0.3) is 0 Å². The van der Waals surface area contributed by atoms with E-state index in [0.29, 0.717) is 28.4 Å². The predicted octanol–water partition coefficient (Wildman–Crippen LogP) is 4.99. The Labute approximate surface area is 224 Å². The van der Waals surface area contributed by atoms with Crippen LogP contribution in [0.3, 0.4) is 0 Å². The van der Waals surface area contributed by atoms with Gasteiger partial charge >= 0.3 is 6.18 Å². The second kappa shape index (κ2) is 12.8. The van der Waals surface area contributed by atoms with E-state index in [1.165, 1.54) is 24.3 Å². The van der Waals surface area contributed by atoms with E-state index < -0.39 is 57.7 Å². The molecule has 0 saturated heterocycles. The molecular weight excluding hydrogens is 550 g/mol. The fourth-order valence-electron chi connectivity index (χ4n) is 3.62. The van der Waals surface area contributed by atoms with E-state index in [1.807, 2.05) is 6.92 Å². The highest BCUT2D eigenvalue weighted by Crippen LogP contribution is 2.36. The third-order valence-corrected chi connectivity index (χ3v) is 7.32. The molecule has 0 aliphatic heterocycles. The second-order valence-electron chi connectivity index (χ2n) is 8.82. The molecule has 2 amide bonds. The van der Waals surface area contributed by atoms with Gasteiger partial charge in [-0.3, -0.25) is 13.9 Å². The minimum atomic E-state index is -4.79. The van der Waals surface area contributed by atoms with Crippen LogP contribution in [0.15, 0.2) is 42.5 Å². The number of alkyl halides is 3. The number of carbonyl (C=O) groups excluding carboxylic acids is 2. The van der Waals surface area contributed by atoms with Gasteiger partial charge in [0.25, 0.3) is 0 Å². The number of hydrogen-bond donors (Lipinski definition) is 1. The van der Waals surface area contributed by atoms with Crippen LogP contribution >= 0.6 is 11.6 Å². The SMILES string of the molecule is CC[C@H](C)NC(=O)[C@H](CC)N(Cc1ccc(F)cc1)C(=O)CN(c1cc(C(F)(F)F)ccc1Cl)S(C)(=O)=O. The third-order valence-electron chi connectivity index (χ3n) is 5.87. The van der Waals surface area contributed by atoms with Crippen molar-refractivity contribution >= 4 is 39.1 Å². The molecule has 13 heteroatoms. The van der Waals surface area contributed by atoms with Crippen molar-refractivity contribution in [2.24, 2.45) is 0 Å². The fourth-order valence-corrected chi connectivity index (χ4v) is 4.74. The summed E-state index contributed by atoms with van der Waals surface area (Å²) in [6, 6.07) is 6.05. The molecule has 0 heterocycles. The molecule has 0 aliphatic rings. The van der Waals surface area contributed by atoms with Crippen LogP contribution in [0.2, 0.25) is 5.02 Å². The molecule has 38 heavy (non-hydrogen) atoms. The lowest BCUT2D eigenvalue weighted by atomic mass is 10.1. The molecule has 0 unspecified atom stereocenters. The molecule has 2 atom stereocenters. The summed E-state index contributed by atoms with van der Waals surface area (Å²) >= 11 is 6.07. The average Bonchev–Trinajstić information content (AvgIpc) is 2.82. The van der Waals surface area contributed by atoms with Crippen LogP contribution in [-0.4, -0.2) is 50.0 Å². The number of amides is 2. The van der Waals surface area contributed by atoms with Gasteiger partial charge in [-0.1, -0.05) is 37.6 Å². The molecular formula is C25H30ClF4N3O4S. The Kier molecular flexibility index (Phi) is 10.6. The maximum Gasteiger partial charge on any atom is 0.416 e. The van der Waals surface area contributed by atoms with Crippen LogP contribution < -0.4 is 9.62 Å². The van der Waals surface area contributed by atoms with Crippen molar-refractivity contribution < 1.29 is 35.6 Å². The minimum Gasteiger partial charge on any atom is -0.352 e. The summed E-state index contributed by atoms with van der Waals surface area (Å²) in [5.74, 6) is -1.87. The zero-order chi connectivity index (χ0) is 28.8. The summed E-state index contributed by atoms with van der Waals surface area (Å²) in [6.07, 6.45) is -3.29. The van der Waals surface area contributed by atoms with E-state index in [1.54, 1.807) is 13.8 Å². The first-order valence-electron chi connectivity index (χ1n) is 11.8. The van der Waals surface area contributed by atoms with Gasteiger partial charge in [0, 0.05) is 12.6 Å². The Morgan fingerprint density at radius 1 is 1.05 bits per heavy atom. The first kappa shape index (κ1) is 31.4. The van der Waals surface area contributed by atoms with Crippen molar-refractivity contribution in [2.45, 2.75) is 58.4 Å². The number of halogens is 5. The lowest BCUT2D eigenvalue weighted by Gasteiger charge is -2.33. The van der Waals surface area contributed by atoms with E-state index in [0.717, 1.165) is 17.2 Å². The zero-order valence-corrected chi connectivity index (χ0v) is 22.9. The maximum absolute atomic E-state index is 13.6. The van der Waals surface area contributed by atoms with Crippen molar-refractivity contribution in [2.75, 3.05) is 17.1 Å². The highest BCUT2D eigenvalue weighted by atomic mass is 35.5. The van der Waals surface area contributed by atoms with E-state index in [9.17, 15) is 35.6 Å². The van der Waals surface area contributed by atoms with Crippen molar-refractivity contribution in [1.29, 1.82) is 0 Å². The molecule has 0 saturated carbocycles. The predicted molar refractivity (Wildman–Crippen MR) is 138 cm³/mol. The molecule has 0 radical (unpaired) electrons. The number of hydrogen-bond acceptors (Lipinski definition) is 4. The van der Waals surface area contributed by atoms with Crippen LogP contribution in [-0.2, 0) is 32.3 Å². The van der Waals surface area contributed by atoms with E-state index >= 15 is 0 Å². The summed E-state index contributed by atoms with van der Waals surface area (Å²) in [4.78, 5) is 27.8. The Bertz CT molecular complexity index is 1240. The second-order valence-corrected chi connectivity index (χ2v) is 11.1. The lowest BCUT2D eigenvalue weighted by Crippen LogP contribution is -2.53. The quantitative estimate of drug-likeness (QED) is 0.380. The van der Waals surface area contributed by atoms with Gasteiger partial charge in [0.05, 0.1) is 22.5 Å². The van der Waals surface area contributed by atoms with Gasteiger partial charge in [0.1, 0.15) is 18.4 Å². The monoisotopic (exact) mass is 579 g/mol. The van der Waals surface area contributed by atoms with Crippen LogP contribution in [0.1, 0.15) is 44.7 Å². The van der Waals surface area contributed by atoms with E-state index in [-0.39, 0.29) is 24.0 Å². The van der Waals surface area contributed by atoms with E-state index in [4.69, 9.17) is 11.6 Å². The van der Waals surface area contributed by atoms with E-state index in [2.05, 4.69) is 5.32 Å². The van der Waals surface area contributed by atoms with Gasteiger partial charge in [-0.2, -0.15) is 13.2 Å². The van der Waals surface area contributed by atoms with Crippen LogP contribution in [0, 0.1) is 5.82 Å². The fraction of sp³-hybridized carbons (Fsp3) is 0.440. The van der Waals surface area contributed by atoms with Gasteiger partial charge in [-0.05, 0) is 55.7 Å². The molecule has 0 fully saturated rings. The van der Waals surface area contributed by atoms with Crippen molar-refractivity contribution in [3.05, 3.63) is 64.4 Å². The zero-order valence-electron chi connectivity index (χ0n) is 21.4. The highest BCUT2D eigenvalue weighted by Gasteiger charge is 2.35.